The van der Waals surface area contributed by atoms with Crippen molar-refractivity contribution in [1.29, 1.82) is 0 Å². The molecular weight excluding hydrogens is 210 g/mol. The molecule has 0 spiro atoms. The molecule has 0 aliphatic carbocycles. The number of esters is 1. The second-order valence-corrected chi connectivity index (χ2v) is 2.96. The van der Waals surface area contributed by atoms with Gasteiger partial charge in [-0.15, -0.1) is 0 Å². The number of nitrogens with two attached hydrogens (primary N) is 1. The number of nitrogens with one attached hydrogen (secondary N) is 1. The second-order valence-electron chi connectivity index (χ2n) is 2.96. The van der Waals surface area contributed by atoms with Gasteiger partial charge in [0, 0.05) is 0 Å². The molecule has 3 N–H and O–H groups in total. The number of nitrogen functional groups attached to an aromatic ring is 1. The Balaban J connectivity index is 2.47. The smallest absolute Gasteiger partial charge is 0.325 e. The van der Waals surface area contributed by atoms with Gasteiger partial charge in [-0.2, -0.15) is 0 Å². The number of carbonyl (C=O) groups excluding carboxylic acids is 2. The summed E-state index contributed by atoms with van der Waals surface area (Å²) in [6.45, 7) is 1.81. The van der Waals surface area contributed by atoms with Crippen molar-refractivity contribution in [3.05, 3.63) is 24.0 Å². The highest BCUT2D eigenvalue weighted by atomic mass is 16.5. The van der Waals surface area contributed by atoms with Gasteiger partial charge in [-0.25, -0.2) is 4.98 Å². The maximum atomic E-state index is 11.4. The number of carbonyl (C=O) groups is 2. The predicted molar refractivity (Wildman–Crippen MR) is 57.6 cm³/mol. The normalized spacial score (nSPS) is 9.56. The van der Waals surface area contributed by atoms with Crippen LogP contribution < -0.4 is 11.1 Å². The number of hydrogen-bond donors (Lipinski definition) is 2. The lowest BCUT2D eigenvalue weighted by Gasteiger charge is -2.04. The summed E-state index contributed by atoms with van der Waals surface area (Å²) >= 11 is 0. The zero-order chi connectivity index (χ0) is 12.0. The van der Waals surface area contributed by atoms with Gasteiger partial charge in [0.2, 0.25) is 0 Å². The minimum absolute atomic E-state index is 0.168. The van der Waals surface area contributed by atoms with Gasteiger partial charge >= 0.3 is 5.97 Å². The monoisotopic (exact) mass is 223 g/mol. The molecule has 0 fully saturated rings. The summed E-state index contributed by atoms with van der Waals surface area (Å²) in [6, 6.07) is 3.04. The molecule has 0 saturated heterocycles. The summed E-state index contributed by atoms with van der Waals surface area (Å²) in [5.74, 6) is -0.917. The molecule has 0 aliphatic rings. The summed E-state index contributed by atoms with van der Waals surface area (Å²) in [5.41, 5.74) is 6.10. The molecule has 6 nitrogen and oxygen atoms in total. The zero-order valence-corrected chi connectivity index (χ0v) is 8.90. The van der Waals surface area contributed by atoms with Crippen LogP contribution in [0, 0.1) is 0 Å². The predicted octanol–water partition coefficient (Wildman–Crippen LogP) is -0.0433. The van der Waals surface area contributed by atoms with E-state index in [1.165, 1.54) is 12.3 Å². The number of pyridine rings is 1. The quantitative estimate of drug-likeness (QED) is 0.698. The van der Waals surface area contributed by atoms with Crippen molar-refractivity contribution in [3.8, 4) is 0 Å². The molecule has 0 saturated carbocycles. The lowest BCUT2D eigenvalue weighted by Crippen LogP contribution is -2.31. The van der Waals surface area contributed by atoms with Crippen molar-refractivity contribution in [3.63, 3.8) is 0 Å². The second kappa shape index (κ2) is 5.69. The molecule has 1 aromatic rings. The molecule has 1 heterocycles. The van der Waals surface area contributed by atoms with E-state index in [1.807, 2.05) is 0 Å². The fourth-order valence-electron chi connectivity index (χ4n) is 0.995. The third-order valence-electron chi connectivity index (χ3n) is 1.72. The van der Waals surface area contributed by atoms with Crippen molar-refractivity contribution in [2.24, 2.45) is 0 Å². The van der Waals surface area contributed by atoms with Crippen molar-refractivity contribution in [2.45, 2.75) is 6.92 Å². The summed E-state index contributed by atoms with van der Waals surface area (Å²) in [5, 5.41) is 2.39. The molecular formula is C10H13N3O3. The first-order valence-corrected chi connectivity index (χ1v) is 4.79. The molecule has 1 aromatic heterocycles. The Morgan fingerprint density at radius 2 is 2.25 bits per heavy atom. The van der Waals surface area contributed by atoms with Crippen LogP contribution in [0.3, 0.4) is 0 Å². The van der Waals surface area contributed by atoms with E-state index in [1.54, 1.807) is 13.0 Å². The molecule has 0 aliphatic heterocycles. The van der Waals surface area contributed by atoms with Gasteiger partial charge in [0.25, 0.3) is 5.91 Å². The number of rotatable bonds is 4. The Morgan fingerprint density at radius 3 is 2.81 bits per heavy atom. The van der Waals surface area contributed by atoms with Crippen molar-refractivity contribution in [1.82, 2.24) is 10.3 Å². The molecule has 16 heavy (non-hydrogen) atoms. The number of aromatic nitrogens is 1. The van der Waals surface area contributed by atoms with Crippen LogP contribution in [0.15, 0.2) is 18.3 Å². The fourth-order valence-corrected chi connectivity index (χ4v) is 0.995. The van der Waals surface area contributed by atoms with Crippen LogP contribution in [0.4, 0.5) is 5.69 Å². The first kappa shape index (κ1) is 12.0. The van der Waals surface area contributed by atoms with Gasteiger partial charge < -0.3 is 15.8 Å². The standard InChI is InChI=1S/C10H13N3O3/c1-2-16-9(14)6-13-10(15)8-4-3-7(11)5-12-8/h3-5H,2,6,11H2,1H3,(H,13,15). The topological polar surface area (TPSA) is 94.3 Å². The number of ether oxygens (including phenoxy) is 1. The number of nitrogens with zero attached hydrogens (tertiary/aromatic N) is 1. The van der Waals surface area contributed by atoms with E-state index in [0.29, 0.717) is 5.69 Å². The highest BCUT2D eigenvalue weighted by Gasteiger charge is 2.08. The minimum Gasteiger partial charge on any atom is -0.465 e. The van der Waals surface area contributed by atoms with Crippen LogP contribution >= 0.6 is 0 Å². The Labute approximate surface area is 92.8 Å². The number of hydrogen-bond acceptors (Lipinski definition) is 5. The van der Waals surface area contributed by atoms with Crippen molar-refractivity contribution >= 4 is 17.6 Å². The van der Waals surface area contributed by atoms with E-state index >= 15 is 0 Å². The van der Waals surface area contributed by atoms with Crippen LogP contribution in [0.1, 0.15) is 17.4 Å². The Kier molecular flexibility index (Phi) is 4.26. The van der Waals surface area contributed by atoms with Gasteiger partial charge in [-0.05, 0) is 19.1 Å². The average Bonchev–Trinajstić information content (AvgIpc) is 2.27. The van der Waals surface area contributed by atoms with Gasteiger partial charge in [0.1, 0.15) is 12.2 Å². The molecule has 0 aromatic carbocycles. The summed E-state index contributed by atoms with van der Waals surface area (Å²) in [7, 11) is 0. The maximum absolute atomic E-state index is 11.4. The Morgan fingerprint density at radius 1 is 1.50 bits per heavy atom. The zero-order valence-electron chi connectivity index (χ0n) is 8.90. The molecule has 0 radical (unpaired) electrons. The highest BCUT2D eigenvalue weighted by Crippen LogP contribution is 2.00. The van der Waals surface area contributed by atoms with Crippen LogP contribution in [0.5, 0.6) is 0 Å². The molecule has 0 bridgehead atoms. The lowest BCUT2D eigenvalue weighted by molar-refractivity contribution is -0.141. The Hall–Kier alpha value is -2.11. The first-order chi connectivity index (χ1) is 7.63. The fraction of sp³-hybridized carbons (Fsp3) is 0.300. The summed E-state index contributed by atoms with van der Waals surface area (Å²) in [6.07, 6.45) is 1.37. The maximum Gasteiger partial charge on any atom is 0.325 e. The number of amides is 1. The van der Waals surface area contributed by atoms with Gasteiger partial charge in [-0.1, -0.05) is 0 Å². The largest absolute Gasteiger partial charge is 0.465 e. The molecule has 6 heteroatoms. The van der Waals surface area contributed by atoms with Gasteiger partial charge in [0.05, 0.1) is 18.5 Å². The van der Waals surface area contributed by atoms with E-state index < -0.39 is 11.9 Å². The highest BCUT2D eigenvalue weighted by molar-refractivity contribution is 5.94. The first-order valence-electron chi connectivity index (χ1n) is 4.79. The SMILES string of the molecule is CCOC(=O)CNC(=O)c1ccc(N)cn1. The Bertz CT molecular complexity index is 375. The van der Waals surface area contributed by atoms with E-state index in [-0.39, 0.29) is 18.8 Å². The van der Waals surface area contributed by atoms with E-state index in [0.717, 1.165) is 0 Å². The van der Waals surface area contributed by atoms with Crippen LogP contribution in [-0.2, 0) is 9.53 Å². The third kappa shape index (κ3) is 3.56. The van der Waals surface area contributed by atoms with Crippen molar-refractivity contribution < 1.29 is 14.3 Å². The average molecular weight is 223 g/mol. The number of anilines is 1. The van der Waals surface area contributed by atoms with E-state index in [9.17, 15) is 9.59 Å². The van der Waals surface area contributed by atoms with Gasteiger partial charge in [0.15, 0.2) is 0 Å². The van der Waals surface area contributed by atoms with Gasteiger partial charge in [-0.3, -0.25) is 9.59 Å². The van der Waals surface area contributed by atoms with Crippen LogP contribution in [0.2, 0.25) is 0 Å². The van der Waals surface area contributed by atoms with Crippen LogP contribution in [-0.4, -0.2) is 30.0 Å². The van der Waals surface area contributed by atoms with E-state index in [2.05, 4.69) is 15.0 Å². The molecule has 1 rings (SSSR count). The summed E-state index contributed by atoms with van der Waals surface area (Å²) in [4.78, 5) is 26.2. The summed E-state index contributed by atoms with van der Waals surface area (Å²) < 4.78 is 4.65. The molecule has 1 amide bonds. The molecule has 0 unspecified atom stereocenters. The minimum atomic E-state index is -0.480. The molecule has 0 atom stereocenters. The molecule has 86 valence electrons. The third-order valence-corrected chi connectivity index (χ3v) is 1.72. The van der Waals surface area contributed by atoms with Crippen LogP contribution in [0.25, 0.3) is 0 Å². The van der Waals surface area contributed by atoms with Crippen molar-refractivity contribution in [2.75, 3.05) is 18.9 Å². The lowest BCUT2D eigenvalue weighted by atomic mass is 10.3. The van der Waals surface area contributed by atoms with E-state index in [4.69, 9.17) is 5.73 Å².